The summed E-state index contributed by atoms with van der Waals surface area (Å²) in [6, 6.07) is 7.50. The van der Waals surface area contributed by atoms with Crippen LogP contribution in [0.25, 0.3) is 0 Å². The molecule has 0 atom stereocenters. The molecule has 7 heteroatoms. The molecule has 0 radical (unpaired) electrons. The van der Waals surface area contributed by atoms with E-state index in [4.69, 9.17) is 11.6 Å². The minimum atomic E-state index is -0.118. The van der Waals surface area contributed by atoms with Gasteiger partial charge in [0.2, 0.25) is 11.2 Å². The number of para-hydroxylation sites is 2. The third kappa shape index (κ3) is 3.34. The van der Waals surface area contributed by atoms with Gasteiger partial charge < -0.3 is 10.6 Å². The number of rotatable bonds is 3. The van der Waals surface area contributed by atoms with Crippen molar-refractivity contribution in [1.29, 1.82) is 0 Å². The lowest BCUT2D eigenvalue weighted by Gasteiger charge is -2.19. The molecule has 2 heterocycles. The number of anilines is 3. The topological polar surface area (TPSA) is 66.9 Å². The quantitative estimate of drug-likeness (QED) is 0.839. The van der Waals surface area contributed by atoms with Crippen LogP contribution in [0.1, 0.15) is 18.2 Å². The normalized spacial score (nSPS) is 13.4. The van der Waals surface area contributed by atoms with Crippen LogP contribution in [-0.2, 0) is 17.0 Å². The van der Waals surface area contributed by atoms with Gasteiger partial charge in [-0.05, 0) is 35.9 Å². The average Bonchev–Trinajstić information content (AvgIpc) is 2.48. The number of fused-ring (bicyclic) bond motifs is 1. The first-order valence-corrected chi connectivity index (χ1v) is 8.43. The van der Waals surface area contributed by atoms with E-state index in [9.17, 15) is 4.79 Å². The fraction of sp³-hybridized carbons (Fsp3) is 0.267. The Labute approximate surface area is 137 Å². The number of hydrogen-bond donors (Lipinski definition) is 2. The van der Waals surface area contributed by atoms with Gasteiger partial charge in [-0.2, -0.15) is 11.8 Å². The number of thioether (sulfide) groups is 1. The molecule has 0 unspecified atom stereocenters. The van der Waals surface area contributed by atoms with Gasteiger partial charge in [0.05, 0.1) is 17.1 Å². The maximum absolute atomic E-state index is 11.3. The molecular formula is C15H15ClN4OS. The number of carbonyl (C=O) groups is 1. The highest BCUT2D eigenvalue weighted by Crippen LogP contribution is 2.32. The molecule has 22 heavy (non-hydrogen) atoms. The number of aromatic nitrogens is 2. The van der Waals surface area contributed by atoms with Gasteiger partial charge in [-0.25, -0.2) is 9.97 Å². The smallest absolute Gasteiger partial charge is 0.224 e. The van der Waals surface area contributed by atoms with Crippen molar-refractivity contribution < 1.29 is 4.79 Å². The SMILES string of the molecule is CC(=O)Nc1ccccc1Nc1nc(Cl)nc2c1CSCC2. The van der Waals surface area contributed by atoms with Crippen molar-refractivity contribution in [1.82, 2.24) is 9.97 Å². The fourth-order valence-corrected chi connectivity index (χ4v) is 3.50. The van der Waals surface area contributed by atoms with E-state index in [1.165, 1.54) is 6.92 Å². The molecular weight excluding hydrogens is 320 g/mol. The molecule has 3 rings (SSSR count). The lowest BCUT2D eigenvalue weighted by Crippen LogP contribution is -2.12. The summed E-state index contributed by atoms with van der Waals surface area (Å²) in [5, 5.41) is 6.33. The lowest BCUT2D eigenvalue weighted by molar-refractivity contribution is -0.114. The molecule has 1 amide bonds. The van der Waals surface area contributed by atoms with Gasteiger partial charge in [-0.3, -0.25) is 4.79 Å². The zero-order valence-corrected chi connectivity index (χ0v) is 13.6. The van der Waals surface area contributed by atoms with E-state index in [0.29, 0.717) is 11.5 Å². The van der Waals surface area contributed by atoms with Crippen LogP contribution in [0.2, 0.25) is 5.28 Å². The Hall–Kier alpha value is -1.79. The molecule has 0 saturated carbocycles. The molecule has 2 N–H and O–H groups in total. The highest BCUT2D eigenvalue weighted by molar-refractivity contribution is 7.98. The minimum absolute atomic E-state index is 0.118. The first-order chi connectivity index (χ1) is 10.6. The Morgan fingerprint density at radius 1 is 1.27 bits per heavy atom. The Kier molecular flexibility index (Phi) is 4.49. The highest BCUT2D eigenvalue weighted by atomic mass is 35.5. The molecule has 5 nitrogen and oxygen atoms in total. The van der Waals surface area contributed by atoms with Crippen molar-refractivity contribution in [2.45, 2.75) is 19.1 Å². The third-order valence-electron chi connectivity index (χ3n) is 3.29. The van der Waals surface area contributed by atoms with Crippen LogP contribution >= 0.6 is 23.4 Å². The van der Waals surface area contributed by atoms with Crippen molar-refractivity contribution in [3.63, 3.8) is 0 Å². The van der Waals surface area contributed by atoms with Crippen LogP contribution in [0, 0.1) is 0 Å². The summed E-state index contributed by atoms with van der Waals surface area (Å²) in [7, 11) is 0. The summed E-state index contributed by atoms with van der Waals surface area (Å²) in [5.74, 6) is 2.49. The van der Waals surface area contributed by atoms with Gasteiger partial charge in [0.15, 0.2) is 0 Å². The Bertz CT molecular complexity index is 723. The standard InChI is InChI=1S/C15H15ClN4OS/c1-9(21)17-12-4-2-3-5-13(12)18-14-10-8-22-7-6-11(10)19-15(16)20-14/h2-5H,6-8H2,1H3,(H,17,21)(H,18,19,20). The van der Waals surface area contributed by atoms with E-state index >= 15 is 0 Å². The van der Waals surface area contributed by atoms with Crippen molar-refractivity contribution >= 4 is 46.5 Å². The second kappa shape index (κ2) is 6.54. The first-order valence-electron chi connectivity index (χ1n) is 6.90. The molecule has 0 fully saturated rings. The van der Waals surface area contributed by atoms with Crippen molar-refractivity contribution in [3.8, 4) is 0 Å². The fourth-order valence-electron chi connectivity index (χ4n) is 2.32. The summed E-state index contributed by atoms with van der Waals surface area (Å²) >= 11 is 7.88. The minimum Gasteiger partial charge on any atom is -0.338 e. The Balaban J connectivity index is 1.97. The Morgan fingerprint density at radius 3 is 2.82 bits per heavy atom. The Morgan fingerprint density at radius 2 is 2.05 bits per heavy atom. The third-order valence-corrected chi connectivity index (χ3v) is 4.44. The molecule has 0 aliphatic carbocycles. The monoisotopic (exact) mass is 334 g/mol. The average molecular weight is 335 g/mol. The van der Waals surface area contributed by atoms with E-state index in [2.05, 4.69) is 20.6 Å². The van der Waals surface area contributed by atoms with Crippen molar-refractivity contribution in [2.24, 2.45) is 0 Å². The molecule has 0 bridgehead atoms. The molecule has 0 saturated heterocycles. The van der Waals surface area contributed by atoms with E-state index in [0.717, 1.165) is 34.9 Å². The van der Waals surface area contributed by atoms with Crippen LogP contribution in [0.4, 0.5) is 17.2 Å². The number of aryl methyl sites for hydroxylation is 1. The predicted octanol–water partition coefficient (Wildman–Crippen LogP) is 3.62. The highest BCUT2D eigenvalue weighted by Gasteiger charge is 2.18. The number of halogens is 1. The number of nitrogens with one attached hydrogen (secondary N) is 2. The summed E-state index contributed by atoms with van der Waals surface area (Å²) in [5.41, 5.74) is 3.57. The zero-order chi connectivity index (χ0) is 15.5. The van der Waals surface area contributed by atoms with Gasteiger partial charge in [0.1, 0.15) is 5.82 Å². The van der Waals surface area contributed by atoms with Crippen LogP contribution in [-0.4, -0.2) is 21.6 Å². The van der Waals surface area contributed by atoms with Crippen molar-refractivity contribution in [2.75, 3.05) is 16.4 Å². The number of hydrogen-bond acceptors (Lipinski definition) is 5. The lowest BCUT2D eigenvalue weighted by atomic mass is 10.1. The molecule has 1 aromatic carbocycles. The second-order valence-electron chi connectivity index (χ2n) is 4.92. The summed E-state index contributed by atoms with van der Waals surface area (Å²) in [6.45, 7) is 1.48. The van der Waals surface area contributed by atoms with Crippen LogP contribution in [0.3, 0.4) is 0 Å². The van der Waals surface area contributed by atoms with E-state index in [-0.39, 0.29) is 11.2 Å². The van der Waals surface area contributed by atoms with Gasteiger partial charge in [0.25, 0.3) is 0 Å². The zero-order valence-electron chi connectivity index (χ0n) is 12.0. The number of carbonyl (C=O) groups excluding carboxylic acids is 1. The summed E-state index contributed by atoms with van der Waals surface area (Å²) < 4.78 is 0. The second-order valence-corrected chi connectivity index (χ2v) is 6.36. The van der Waals surface area contributed by atoms with Crippen molar-refractivity contribution in [3.05, 3.63) is 40.8 Å². The molecule has 0 spiro atoms. The van der Waals surface area contributed by atoms with E-state index < -0.39 is 0 Å². The predicted molar refractivity (Wildman–Crippen MR) is 90.9 cm³/mol. The van der Waals surface area contributed by atoms with Gasteiger partial charge in [-0.15, -0.1) is 0 Å². The number of benzene rings is 1. The molecule has 2 aromatic rings. The van der Waals surface area contributed by atoms with Gasteiger partial charge >= 0.3 is 0 Å². The largest absolute Gasteiger partial charge is 0.338 e. The molecule has 1 aromatic heterocycles. The maximum atomic E-state index is 11.3. The van der Waals surface area contributed by atoms with Gasteiger partial charge in [0, 0.05) is 18.2 Å². The van der Waals surface area contributed by atoms with Crippen LogP contribution < -0.4 is 10.6 Å². The van der Waals surface area contributed by atoms with Gasteiger partial charge in [-0.1, -0.05) is 12.1 Å². The first kappa shape index (κ1) is 15.1. The molecule has 1 aliphatic heterocycles. The summed E-state index contributed by atoms with van der Waals surface area (Å²) in [4.78, 5) is 20.0. The van der Waals surface area contributed by atoms with E-state index in [1.54, 1.807) is 0 Å². The number of nitrogens with zero attached hydrogens (tertiary/aromatic N) is 2. The van der Waals surface area contributed by atoms with Crippen LogP contribution in [0.5, 0.6) is 0 Å². The molecule has 114 valence electrons. The van der Waals surface area contributed by atoms with E-state index in [1.807, 2.05) is 36.0 Å². The van der Waals surface area contributed by atoms with Crippen LogP contribution in [0.15, 0.2) is 24.3 Å². The summed E-state index contributed by atoms with van der Waals surface area (Å²) in [6.07, 6.45) is 0.893. The maximum Gasteiger partial charge on any atom is 0.224 e. The molecule has 1 aliphatic rings. The number of amides is 1.